The zero-order valence-electron chi connectivity index (χ0n) is 9.73. The number of hydrogen-bond acceptors (Lipinski definition) is 1. The average molecular weight is 216 g/mol. The molecule has 1 aromatic rings. The van der Waals surface area contributed by atoms with Crippen molar-refractivity contribution in [1.29, 1.82) is 0 Å². The van der Waals surface area contributed by atoms with E-state index in [9.17, 15) is 5.11 Å². The van der Waals surface area contributed by atoms with Crippen molar-refractivity contribution >= 4 is 0 Å². The molecule has 2 saturated carbocycles. The maximum absolute atomic E-state index is 10.2. The fraction of sp³-hybridized carbons (Fsp3) is 0.600. The Balaban J connectivity index is 1.53. The second kappa shape index (κ2) is 3.89. The van der Waals surface area contributed by atoms with Crippen LogP contribution >= 0.6 is 0 Å². The van der Waals surface area contributed by atoms with E-state index >= 15 is 0 Å². The molecule has 1 atom stereocenters. The van der Waals surface area contributed by atoms with Crippen LogP contribution in [0.15, 0.2) is 30.3 Å². The molecule has 1 unspecified atom stereocenters. The molecule has 0 aromatic heterocycles. The van der Waals surface area contributed by atoms with Gasteiger partial charge in [-0.2, -0.15) is 0 Å². The second-order valence-corrected chi connectivity index (χ2v) is 5.78. The summed E-state index contributed by atoms with van der Waals surface area (Å²) in [5.74, 6) is 0.570. The van der Waals surface area contributed by atoms with E-state index in [1.54, 1.807) is 0 Å². The Morgan fingerprint density at radius 2 is 1.88 bits per heavy atom. The lowest BCUT2D eigenvalue weighted by Gasteiger charge is -2.55. The topological polar surface area (TPSA) is 20.2 Å². The van der Waals surface area contributed by atoms with Gasteiger partial charge in [-0.05, 0) is 49.0 Å². The van der Waals surface area contributed by atoms with E-state index in [1.165, 1.54) is 37.7 Å². The van der Waals surface area contributed by atoms with E-state index in [-0.39, 0.29) is 6.10 Å². The van der Waals surface area contributed by atoms with Crippen LogP contribution in [0.4, 0.5) is 0 Å². The van der Waals surface area contributed by atoms with Crippen LogP contribution in [0.5, 0.6) is 0 Å². The molecule has 0 aliphatic heterocycles. The molecule has 3 rings (SSSR count). The van der Waals surface area contributed by atoms with E-state index < -0.39 is 0 Å². The van der Waals surface area contributed by atoms with Gasteiger partial charge in [-0.1, -0.05) is 36.8 Å². The average Bonchev–Trinajstić information content (AvgIpc) is 2.14. The second-order valence-electron chi connectivity index (χ2n) is 5.78. The van der Waals surface area contributed by atoms with Crippen molar-refractivity contribution in [2.45, 2.75) is 44.6 Å². The van der Waals surface area contributed by atoms with E-state index in [0.717, 1.165) is 6.42 Å². The molecule has 2 fully saturated rings. The van der Waals surface area contributed by atoms with Gasteiger partial charge in [-0.3, -0.25) is 0 Å². The summed E-state index contributed by atoms with van der Waals surface area (Å²) in [5, 5.41) is 10.2. The normalized spacial score (nSPS) is 24.8. The Kier molecular flexibility index (Phi) is 2.51. The molecule has 16 heavy (non-hydrogen) atoms. The first-order chi connectivity index (χ1) is 7.77. The third-order valence-electron chi connectivity index (χ3n) is 4.64. The van der Waals surface area contributed by atoms with Crippen LogP contribution in [0.2, 0.25) is 0 Å². The Bertz CT molecular complexity index is 345. The maximum atomic E-state index is 10.2. The van der Waals surface area contributed by atoms with Crippen molar-refractivity contribution in [3.63, 3.8) is 0 Å². The molecule has 86 valence electrons. The fourth-order valence-corrected chi connectivity index (χ4v) is 3.43. The largest absolute Gasteiger partial charge is 0.392 e. The van der Waals surface area contributed by atoms with Crippen LogP contribution in [0.1, 0.15) is 37.7 Å². The molecule has 0 heterocycles. The van der Waals surface area contributed by atoms with Gasteiger partial charge >= 0.3 is 0 Å². The molecule has 1 heteroatoms. The van der Waals surface area contributed by atoms with Gasteiger partial charge in [0.25, 0.3) is 0 Å². The highest BCUT2D eigenvalue weighted by Crippen LogP contribution is 2.59. The number of aliphatic hydroxyl groups excluding tert-OH is 1. The minimum atomic E-state index is -0.117. The highest BCUT2D eigenvalue weighted by Gasteiger charge is 2.49. The maximum Gasteiger partial charge on any atom is 0.0609 e. The van der Waals surface area contributed by atoms with Crippen LogP contribution in [-0.2, 0) is 6.42 Å². The molecule has 2 aliphatic rings. The van der Waals surface area contributed by atoms with Crippen LogP contribution in [-0.4, -0.2) is 11.2 Å². The van der Waals surface area contributed by atoms with Gasteiger partial charge in [0.05, 0.1) is 6.10 Å². The molecule has 1 N–H and O–H groups in total. The summed E-state index contributed by atoms with van der Waals surface area (Å²) in [6.45, 7) is 0. The zero-order valence-corrected chi connectivity index (χ0v) is 9.73. The van der Waals surface area contributed by atoms with Crippen molar-refractivity contribution in [3.8, 4) is 0 Å². The molecule has 1 aromatic carbocycles. The first kappa shape index (κ1) is 10.3. The van der Waals surface area contributed by atoms with Crippen molar-refractivity contribution in [1.82, 2.24) is 0 Å². The van der Waals surface area contributed by atoms with Gasteiger partial charge in [0, 0.05) is 0 Å². The SMILES string of the molecule is OC(Cc1ccccc1)C1CC2(CCC2)C1. The lowest BCUT2D eigenvalue weighted by molar-refractivity contribution is -0.0789. The van der Waals surface area contributed by atoms with Crippen molar-refractivity contribution < 1.29 is 5.11 Å². The Labute approximate surface area is 97.5 Å². The van der Waals surface area contributed by atoms with Gasteiger partial charge in [0.1, 0.15) is 0 Å². The number of aliphatic hydroxyl groups is 1. The van der Waals surface area contributed by atoms with E-state index in [1.807, 2.05) is 6.07 Å². The Hall–Kier alpha value is -0.820. The van der Waals surface area contributed by atoms with Gasteiger partial charge in [-0.15, -0.1) is 0 Å². The van der Waals surface area contributed by atoms with E-state index in [2.05, 4.69) is 24.3 Å². The van der Waals surface area contributed by atoms with E-state index in [0.29, 0.717) is 11.3 Å². The summed E-state index contributed by atoms with van der Waals surface area (Å²) in [5.41, 5.74) is 1.95. The molecular weight excluding hydrogens is 196 g/mol. The monoisotopic (exact) mass is 216 g/mol. The Morgan fingerprint density at radius 3 is 2.44 bits per heavy atom. The lowest BCUT2D eigenvalue weighted by Crippen LogP contribution is -2.47. The summed E-state index contributed by atoms with van der Waals surface area (Å²) >= 11 is 0. The lowest BCUT2D eigenvalue weighted by atomic mass is 9.50. The first-order valence-corrected chi connectivity index (χ1v) is 6.49. The number of rotatable bonds is 3. The minimum Gasteiger partial charge on any atom is -0.392 e. The fourth-order valence-electron chi connectivity index (χ4n) is 3.43. The van der Waals surface area contributed by atoms with Gasteiger partial charge in [-0.25, -0.2) is 0 Å². The third kappa shape index (κ3) is 1.78. The Morgan fingerprint density at radius 1 is 1.19 bits per heavy atom. The highest BCUT2D eigenvalue weighted by atomic mass is 16.3. The minimum absolute atomic E-state index is 0.117. The van der Waals surface area contributed by atoms with E-state index in [4.69, 9.17) is 0 Å². The number of hydrogen-bond donors (Lipinski definition) is 1. The van der Waals surface area contributed by atoms with Crippen LogP contribution < -0.4 is 0 Å². The number of benzene rings is 1. The summed E-state index contributed by atoms with van der Waals surface area (Å²) in [7, 11) is 0. The van der Waals surface area contributed by atoms with Crippen LogP contribution in [0.25, 0.3) is 0 Å². The quantitative estimate of drug-likeness (QED) is 0.822. The summed E-state index contributed by atoms with van der Waals surface area (Å²) < 4.78 is 0. The van der Waals surface area contributed by atoms with Crippen molar-refractivity contribution in [2.24, 2.45) is 11.3 Å². The molecule has 1 spiro atoms. The van der Waals surface area contributed by atoms with Crippen LogP contribution in [0.3, 0.4) is 0 Å². The molecular formula is C15H20O. The van der Waals surface area contributed by atoms with Gasteiger partial charge < -0.3 is 5.11 Å². The third-order valence-corrected chi connectivity index (χ3v) is 4.64. The summed E-state index contributed by atoms with van der Waals surface area (Å²) in [6, 6.07) is 10.4. The first-order valence-electron chi connectivity index (χ1n) is 6.49. The smallest absolute Gasteiger partial charge is 0.0609 e. The molecule has 0 amide bonds. The van der Waals surface area contributed by atoms with Crippen LogP contribution in [0, 0.1) is 11.3 Å². The molecule has 0 saturated heterocycles. The van der Waals surface area contributed by atoms with Crippen molar-refractivity contribution in [2.75, 3.05) is 0 Å². The van der Waals surface area contributed by atoms with Crippen molar-refractivity contribution in [3.05, 3.63) is 35.9 Å². The predicted molar refractivity (Wildman–Crippen MR) is 65.2 cm³/mol. The zero-order chi connectivity index (χ0) is 11.0. The standard InChI is InChI=1S/C15H20O/c16-14(9-12-5-2-1-3-6-12)13-10-15(11-13)7-4-8-15/h1-3,5-6,13-14,16H,4,7-11H2. The predicted octanol–water partition coefficient (Wildman–Crippen LogP) is 3.17. The van der Waals surface area contributed by atoms with Gasteiger partial charge in [0.15, 0.2) is 0 Å². The molecule has 2 aliphatic carbocycles. The molecule has 1 nitrogen and oxygen atoms in total. The summed E-state index contributed by atoms with van der Waals surface area (Å²) in [4.78, 5) is 0. The summed E-state index contributed by atoms with van der Waals surface area (Å²) in [6.07, 6.45) is 7.53. The molecule has 0 bridgehead atoms. The van der Waals surface area contributed by atoms with Gasteiger partial charge in [0.2, 0.25) is 0 Å². The highest BCUT2D eigenvalue weighted by molar-refractivity contribution is 5.16. The molecule has 0 radical (unpaired) electrons.